The summed E-state index contributed by atoms with van der Waals surface area (Å²) in [5.74, 6) is 0.0123. The standard InChI is InChI=1S/C15H15ClFNO/c1-11-2-4-12(5-3-11)18-8-9-19-13-6-7-14(16)15(17)10-13/h2-7,10,18H,8-9H2,1H3. The number of hydrogen-bond donors (Lipinski definition) is 1. The van der Waals surface area contributed by atoms with Gasteiger partial charge >= 0.3 is 0 Å². The molecular formula is C15H15ClFNO. The van der Waals surface area contributed by atoms with Gasteiger partial charge in [-0.25, -0.2) is 4.39 Å². The van der Waals surface area contributed by atoms with Crippen LogP contribution >= 0.6 is 11.6 Å². The van der Waals surface area contributed by atoms with Crippen LogP contribution < -0.4 is 10.1 Å². The van der Waals surface area contributed by atoms with Crippen molar-refractivity contribution >= 4 is 17.3 Å². The summed E-state index contributed by atoms with van der Waals surface area (Å²) in [5, 5.41) is 3.33. The number of anilines is 1. The number of benzene rings is 2. The molecule has 2 rings (SSSR count). The molecule has 0 aromatic heterocycles. The molecule has 0 aliphatic heterocycles. The van der Waals surface area contributed by atoms with Gasteiger partial charge in [-0.15, -0.1) is 0 Å². The van der Waals surface area contributed by atoms with Gasteiger partial charge in [-0.2, -0.15) is 0 Å². The summed E-state index contributed by atoms with van der Waals surface area (Å²) in [6.07, 6.45) is 0. The molecule has 0 aliphatic rings. The molecule has 0 unspecified atom stereocenters. The molecular weight excluding hydrogens is 265 g/mol. The lowest BCUT2D eigenvalue weighted by molar-refractivity contribution is 0.331. The van der Waals surface area contributed by atoms with Gasteiger partial charge in [0.25, 0.3) is 0 Å². The maximum atomic E-state index is 13.2. The minimum Gasteiger partial charge on any atom is -0.492 e. The zero-order chi connectivity index (χ0) is 13.7. The molecule has 19 heavy (non-hydrogen) atoms. The summed E-state index contributed by atoms with van der Waals surface area (Å²) in [6.45, 7) is 3.14. The van der Waals surface area contributed by atoms with Gasteiger partial charge in [-0.05, 0) is 31.2 Å². The van der Waals surface area contributed by atoms with Gasteiger partial charge in [-0.1, -0.05) is 29.3 Å². The van der Waals surface area contributed by atoms with Gasteiger partial charge < -0.3 is 10.1 Å². The lowest BCUT2D eigenvalue weighted by atomic mass is 10.2. The average Bonchev–Trinajstić information content (AvgIpc) is 2.41. The van der Waals surface area contributed by atoms with E-state index in [1.807, 2.05) is 31.2 Å². The fraction of sp³-hybridized carbons (Fsp3) is 0.200. The van der Waals surface area contributed by atoms with E-state index in [1.54, 1.807) is 6.07 Å². The minimum absolute atomic E-state index is 0.102. The van der Waals surface area contributed by atoms with E-state index in [-0.39, 0.29) is 5.02 Å². The Morgan fingerprint density at radius 1 is 1.16 bits per heavy atom. The molecule has 0 radical (unpaired) electrons. The van der Waals surface area contributed by atoms with E-state index in [4.69, 9.17) is 16.3 Å². The second kappa shape index (κ2) is 6.43. The quantitative estimate of drug-likeness (QED) is 0.825. The lowest BCUT2D eigenvalue weighted by Crippen LogP contribution is -2.11. The van der Waals surface area contributed by atoms with Crippen LogP contribution in [0.5, 0.6) is 5.75 Å². The summed E-state index contributed by atoms with van der Waals surface area (Å²) in [4.78, 5) is 0. The summed E-state index contributed by atoms with van der Waals surface area (Å²) in [5.41, 5.74) is 2.26. The van der Waals surface area contributed by atoms with Crippen molar-refractivity contribution in [3.05, 3.63) is 58.9 Å². The van der Waals surface area contributed by atoms with Crippen LogP contribution in [0.3, 0.4) is 0 Å². The van der Waals surface area contributed by atoms with Crippen molar-refractivity contribution in [2.75, 3.05) is 18.5 Å². The van der Waals surface area contributed by atoms with Gasteiger partial charge in [-0.3, -0.25) is 0 Å². The fourth-order valence-electron chi connectivity index (χ4n) is 1.60. The zero-order valence-electron chi connectivity index (χ0n) is 10.6. The normalized spacial score (nSPS) is 10.3. The number of hydrogen-bond acceptors (Lipinski definition) is 2. The Bertz CT molecular complexity index is 542. The molecule has 0 heterocycles. The van der Waals surface area contributed by atoms with Gasteiger partial charge in [0, 0.05) is 18.3 Å². The Morgan fingerprint density at radius 3 is 2.58 bits per heavy atom. The van der Waals surface area contributed by atoms with E-state index < -0.39 is 5.82 Å². The molecule has 0 amide bonds. The monoisotopic (exact) mass is 279 g/mol. The number of nitrogens with one attached hydrogen (secondary N) is 1. The molecule has 1 N–H and O–H groups in total. The van der Waals surface area contributed by atoms with E-state index in [0.717, 1.165) is 5.69 Å². The van der Waals surface area contributed by atoms with E-state index in [0.29, 0.717) is 18.9 Å². The summed E-state index contributed by atoms with van der Waals surface area (Å²) < 4.78 is 18.6. The van der Waals surface area contributed by atoms with E-state index in [9.17, 15) is 4.39 Å². The Kier molecular flexibility index (Phi) is 4.63. The summed E-state index contributed by atoms with van der Waals surface area (Å²) in [7, 11) is 0. The maximum absolute atomic E-state index is 13.2. The van der Waals surface area contributed by atoms with Crippen molar-refractivity contribution in [2.24, 2.45) is 0 Å². The Labute approximate surface area is 117 Å². The highest BCUT2D eigenvalue weighted by atomic mass is 35.5. The molecule has 2 nitrogen and oxygen atoms in total. The third kappa shape index (κ3) is 4.14. The molecule has 0 saturated heterocycles. The molecule has 100 valence electrons. The molecule has 2 aromatic rings. The molecule has 0 saturated carbocycles. The van der Waals surface area contributed by atoms with Gasteiger partial charge in [0.1, 0.15) is 18.2 Å². The molecule has 2 aromatic carbocycles. The highest BCUT2D eigenvalue weighted by Gasteiger charge is 2.01. The van der Waals surface area contributed by atoms with Gasteiger partial charge in [0.2, 0.25) is 0 Å². The van der Waals surface area contributed by atoms with E-state index in [2.05, 4.69) is 5.32 Å². The number of rotatable bonds is 5. The molecule has 4 heteroatoms. The largest absolute Gasteiger partial charge is 0.492 e. The second-order valence-electron chi connectivity index (χ2n) is 4.22. The highest BCUT2D eigenvalue weighted by molar-refractivity contribution is 6.30. The zero-order valence-corrected chi connectivity index (χ0v) is 11.4. The maximum Gasteiger partial charge on any atom is 0.145 e. The summed E-state index contributed by atoms with van der Waals surface area (Å²) in [6, 6.07) is 12.5. The SMILES string of the molecule is Cc1ccc(NCCOc2ccc(Cl)c(F)c2)cc1. The van der Waals surface area contributed by atoms with Crippen LogP contribution in [0.2, 0.25) is 5.02 Å². The topological polar surface area (TPSA) is 21.3 Å². The second-order valence-corrected chi connectivity index (χ2v) is 4.62. The molecule has 0 fully saturated rings. The summed E-state index contributed by atoms with van der Waals surface area (Å²) >= 11 is 5.59. The number of halogens is 2. The van der Waals surface area contributed by atoms with Crippen LogP contribution in [0.1, 0.15) is 5.56 Å². The fourth-order valence-corrected chi connectivity index (χ4v) is 1.72. The minimum atomic E-state index is -0.467. The van der Waals surface area contributed by atoms with Crippen molar-refractivity contribution in [2.45, 2.75) is 6.92 Å². The first kappa shape index (κ1) is 13.7. The Morgan fingerprint density at radius 2 is 1.89 bits per heavy atom. The molecule has 0 aliphatic carbocycles. The molecule has 0 atom stereocenters. The van der Waals surface area contributed by atoms with E-state index in [1.165, 1.54) is 17.7 Å². The highest BCUT2D eigenvalue weighted by Crippen LogP contribution is 2.20. The van der Waals surface area contributed by atoms with Crippen molar-refractivity contribution in [1.82, 2.24) is 0 Å². The first-order valence-electron chi connectivity index (χ1n) is 6.03. The predicted molar refractivity (Wildman–Crippen MR) is 76.6 cm³/mol. The van der Waals surface area contributed by atoms with Crippen LogP contribution in [-0.4, -0.2) is 13.2 Å². The van der Waals surface area contributed by atoms with Crippen molar-refractivity contribution in [1.29, 1.82) is 0 Å². The first-order chi connectivity index (χ1) is 9.15. The predicted octanol–water partition coefficient (Wildman–Crippen LogP) is 4.28. The van der Waals surface area contributed by atoms with Crippen molar-refractivity contribution in [3.63, 3.8) is 0 Å². The third-order valence-electron chi connectivity index (χ3n) is 2.64. The number of ether oxygens (including phenoxy) is 1. The smallest absolute Gasteiger partial charge is 0.145 e. The average molecular weight is 280 g/mol. The van der Waals surface area contributed by atoms with Crippen LogP contribution in [-0.2, 0) is 0 Å². The lowest BCUT2D eigenvalue weighted by Gasteiger charge is -2.09. The van der Waals surface area contributed by atoms with Crippen LogP contribution in [0.25, 0.3) is 0 Å². The molecule has 0 bridgehead atoms. The van der Waals surface area contributed by atoms with Crippen LogP contribution in [0.15, 0.2) is 42.5 Å². The van der Waals surface area contributed by atoms with Gasteiger partial charge in [0.05, 0.1) is 5.02 Å². The number of aryl methyl sites for hydroxylation is 1. The van der Waals surface area contributed by atoms with Crippen molar-refractivity contribution in [3.8, 4) is 5.75 Å². The van der Waals surface area contributed by atoms with Crippen LogP contribution in [0, 0.1) is 12.7 Å². The first-order valence-corrected chi connectivity index (χ1v) is 6.41. The Hall–Kier alpha value is -1.74. The molecule has 0 spiro atoms. The Balaban J connectivity index is 1.77. The van der Waals surface area contributed by atoms with E-state index >= 15 is 0 Å². The third-order valence-corrected chi connectivity index (χ3v) is 2.95. The van der Waals surface area contributed by atoms with Gasteiger partial charge in [0.15, 0.2) is 0 Å². The van der Waals surface area contributed by atoms with Crippen molar-refractivity contribution < 1.29 is 9.13 Å². The van der Waals surface area contributed by atoms with Crippen LogP contribution in [0.4, 0.5) is 10.1 Å².